The van der Waals surface area contributed by atoms with Gasteiger partial charge in [0.2, 0.25) is 0 Å². The lowest BCUT2D eigenvalue weighted by molar-refractivity contribution is 0.530. The van der Waals surface area contributed by atoms with Crippen molar-refractivity contribution in [3.05, 3.63) is 35.8 Å². The molecule has 1 aromatic heterocycles. The third-order valence-electron chi connectivity index (χ3n) is 4.60. The molecule has 0 saturated heterocycles. The summed E-state index contributed by atoms with van der Waals surface area (Å²) in [6, 6.07) is 5.26. The summed E-state index contributed by atoms with van der Waals surface area (Å²) in [5, 5.41) is 4.27. The summed E-state index contributed by atoms with van der Waals surface area (Å²) >= 11 is 0. The van der Waals surface area contributed by atoms with Crippen molar-refractivity contribution in [1.29, 1.82) is 0 Å². The summed E-state index contributed by atoms with van der Waals surface area (Å²) < 4.78 is 13.4. The van der Waals surface area contributed by atoms with Crippen molar-refractivity contribution >= 4 is 40.8 Å². The zero-order valence-corrected chi connectivity index (χ0v) is 16.2. The first-order chi connectivity index (χ1) is 11.2. The van der Waals surface area contributed by atoms with Gasteiger partial charge in [-0.3, -0.25) is 4.99 Å². The number of halogens is 2. The van der Waals surface area contributed by atoms with Crippen LogP contribution < -0.4 is 11.1 Å². The fourth-order valence-electron chi connectivity index (χ4n) is 3.33. The van der Waals surface area contributed by atoms with Crippen LogP contribution in [0.4, 0.5) is 4.39 Å². The Bertz CT molecular complexity index is 675. The molecule has 0 radical (unpaired) electrons. The number of benzene rings is 1. The standard InChI is InChI=1S/C18H25FN4.HI/c19-14-7-8-17-16(11-14)13(12-22-17)9-10-21-18(20)23-15-5-3-1-2-4-6-15;/h7-8,11-12,15,22H,1-6,9-10H2,(H3,20,21,23);1H. The van der Waals surface area contributed by atoms with Gasteiger partial charge in [0.25, 0.3) is 0 Å². The van der Waals surface area contributed by atoms with E-state index >= 15 is 0 Å². The van der Waals surface area contributed by atoms with Crippen LogP contribution in [-0.2, 0) is 6.42 Å². The predicted octanol–water partition coefficient (Wildman–Crippen LogP) is 4.09. The Labute approximate surface area is 159 Å². The zero-order valence-electron chi connectivity index (χ0n) is 13.9. The predicted molar refractivity (Wildman–Crippen MR) is 108 cm³/mol. The molecule has 4 nitrogen and oxygen atoms in total. The maximum atomic E-state index is 13.4. The molecular weight excluding hydrogens is 418 g/mol. The molecule has 1 aliphatic carbocycles. The number of hydrogen-bond acceptors (Lipinski definition) is 1. The third-order valence-corrected chi connectivity index (χ3v) is 4.60. The van der Waals surface area contributed by atoms with Gasteiger partial charge in [-0.25, -0.2) is 4.39 Å². The number of aromatic nitrogens is 1. The average Bonchev–Trinajstić information content (AvgIpc) is 2.75. The van der Waals surface area contributed by atoms with Crippen LogP contribution in [0, 0.1) is 5.82 Å². The molecule has 0 spiro atoms. The number of nitrogens with zero attached hydrogens (tertiary/aromatic N) is 1. The Morgan fingerprint density at radius 2 is 2.00 bits per heavy atom. The first-order valence-electron chi connectivity index (χ1n) is 8.54. The van der Waals surface area contributed by atoms with Crippen LogP contribution in [-0.4, -0.2) is 23.5 Å². The van der Waals surface area contributed by atoms with Gasteiger partial charge in [-0.1, -0.05) is 25.7 Å². The van der Waals surface area contributed by atoms with E-state index < -0.39 is 0 Å². The Kier molecular flexibility index (Phi) is 7.33. The summed E-state index contributed by atoms with van der Waals surface area (Å²) in [5.74, 6) is 0.319. The van der Waals surface area contributed by atoms with Crippen LogP contribution in [0.15, 0.2) is 29.4 Å². The van der Waals surface area contributed by atoms with Gasteiger partial charge in [0, 0.05) is 29.7 Å². The molecule has 0 aliphatic heterocycles. The molecule has 3 rings (SSSR count). The number of aliphatic imine (C=N–C) groups is 1. The lowest BCUT2D eigenvalue weighted by Gasteiger charge is -2.16. The molecule has 0 atom stereocenters. The molecule has 2 aromatic rings. The minimum atomic E-state index is -0.212. The molecule has 0 amide bonds. The number of guanidine groups is 1. The highest BCUT2D eigenvalue weighted by atomic mass is 127. The van der Waals surface area contributed by atoms with Crippen LogP contribution in [0.25, 0.3) is 10.9 Å². The maximum absolute atomic E-state index is 13.4. The molecule has 1 fully saturated rings. The van der Waals surface area contributed by atoms with Crippen molar-refractivity contribution in [2.45, 2.75) is 51.0 Å². The van der Waals surface area contributed by atoms with E-state index in [1.54, 1.807) is 12.1 Å². The lowest BCUT2D eigenvalue weighted by Crippen LogP contribution is -2.40. The first kappa shape index (κ1) is 19.0. The summed E-state index contributed by atoms with van der Waals surface area (Å²) in [6.45, 7) is 0.606. The summed E-state index contributed by atoms with van der Waals surface area (Å²) in [7, 11) is 0. The van der Waals surface area contributed by atoms with Gasteiger partial charge >= 0.3 is 0 Å². The van der Waals surface area contributed by atoms with Gasteiger partial charge in [-0.2, -0.15) is 0 Å². The molecule has 0 unspecified atom stereocenters. The number of fused-ring (bicyclic) bond motifs is 1. The van der Waals surface area contributed by atoms with E-state index in [0.717, 1.165) is 22.9 Å². The van der Waals surface area contributed by atoms with E-state index in [2.05, 4.69) is 15.3 Å². The topological polar surface area (TPSA) is 66.2 Å². The van der Waals surface area contributed by atoms with Crippen LogP contribution in [0.3, 0.4) is 0 Å². The molecule has 132 valence electrons. The van der Waals surface area contributed by atoms with Crippen molar-refractivity contribution in [2.75, 3.05) is 6.54 Å². The highest BCUT2D eigenvalue weighted by Crippen LogP contribution is 2.20. The summed E-state index contributed by atoms with van der Waals surface area (Å²) in [5.41, 5.74) is 8.03. The maximum Gasteiger partial charge on any atom is 0.188 e. The number of hydrogen-bond donors (Lipinski definition) is 3. The highest BCUT2D eigenvalue weighted by Gasteiger charge is 2.12. The molecule has 4 N–H and O–H groups in total. The largest absolute Gasteiger partial charge is 0.370 e. The molecule has 0 bridgehead atoms. The van der Waals surface area contributed by atoms with Crippen molar-refractivity contribution < 1.29 is 4.39 Å². The molecule has 24 heavy (non-hydrogen) atoms. The Hall–Kier alpha value is -1.31. The zero-order chi connectivity index (χ0) is 16.1. The first-order valence-corrected chi connectivity index (χ1v) is 8.54. The van der Waals surface area contributed by atoms with E-state index in [9.17, 15) is 4.39 Å². The van der Waals surface area contributed by atoms with Crippen molar-refractivity contribution in [2.24, 2.45) is 10.7 Å². The minimum absolute atomic E-state index is 0. The fourth-order valence-corrected chi connectivity index (χ4v) is 3.33. The van der Waals surface area contributed by atoms with Crippen LogP contribution in [0.5, 0.6) is 0 Å². The van der Waals surface area contributed by atoms with E-state index in [1.165, 1.54) is 44.6 Å². The molecule has 1 aromatic carbocycles. The van der Waals surface area contributed by atoms with Gasteiger partial charge in [0.05, 0.1) is 0 Å². The number of nitrogens with one attached hydrogen (secondary N) is 2. The second-order valence-electron chi connectivity index (χ2n) is 6.35. The van der Waals surface area contributed by atoms with E-state index in [0.29, 0.717) is 18.5 Å². The Balaban J connectivity index is 0.00000208. The van der Waals surface area contributed by atoms with Gasteiger partial charge in [-0.15, -0.1) is 24.0 Å². The van der Waals surface area contributed by atoms with E-state index in [-0.39, 0.29) is 29.8 Å². The highest BCUT2D eigenvalue weighted by molar-refractivity contribution is 14.0. The molecular formula is C18H26FIN4. The lowest BCUT2D eigenvalue weighted by atomic mass is 10.1. The monoisotopic (exact) mass is 444 g/mol. The van der Waals surface area contributed by atoms with Crippen molar-refractivity contribution in [3.8, 4) is 0 Å². The quantitative estimate of drug-likeness (QED) is 0.288. The van der Waals surface area contributed by atoms with Crippen LogP contribution >= 0.6 is 24.0 Å². The van der Waals surface area contributed by atoms with Crippen LogP contribution in [0.1, 0.15) is 44.1 Å². The van der Waals surface area contributed by atoms with Crippen LogP contribution in [0.2, 0.25) is 0 Å². The van der Waals surface area contributed by atoms with Gasteiger partial charge < -0.3 is 16.0 Å². The second kappa shape index (κ2) is 9.25. The van der Waals surface area contributed by atoms with Gasteiger partial charge in [0.1, 0.15) is 5.82 Å². The average molecular weight is 444 g/mol. The van der Waals surface area contributed by atoms with Gasteiger partial charge in [-0.05, 0) is 43.0 Å². The van der Waals surface area contributed by atoms with Crippen molar-refractivity contribution in [3.63, 3.8) is 0 Å². The van der Waals surface area contributed by atoms with E-state index in [4.69, 9.17) is 5.73 Å². The Morgan fingerprint density at radius 1 is 1.25 bits per heavy atom. The Morgan fingerprint density at radius 3 is 2.75 bits per heavy atom. The molecule has 6 heteroatoms. The van der Waals surface area contributed by atoms with E-state index in [1.807, 2.05) is 6.20 Å². The number of aromatic amines is 1. The third kappa shape index (κ3) is 5.09. The molecule has 1 saturated carbocycles. The second-order valence-corrected chi connectivity index (χ2v) is 6.35. The molecule has 1 heterocycles. The fraction of sp³-hybridized carbons (Fsp3) is 0.500. The smallest absolute Gasteiger partial charge is 0.188 e. The van der Waals surface area contributed by atoms with Gasteiger partial charge in [0.15, 0.2) is 5.96 Å². The number of H-pyrrole nitrogens is 1. The number of rotatable bonds is 4. The SMILES string of the molecule is I.NC(=NCCc1c[nH]c2ccc(F)cc12)NC1CCCCCC1. The molecule has 1 aliphatic rings. The minimum Gasteiger partial charge on any atom is -0.370 e. The summed E-state index contributed by atoms with van der Waals surface area (Å²) in [6.07, 6.45) is 10.2. The summed E-state index contributed by atoms with van der Waals surface area (Å²) in [4.78, 5) is 7.59. The normalized spacial score (nSPS) is 16.6. The van der Waals surface area contributed by atoms with Crippen molar-refractivity contribution in [1.82, 2.24) is 10.3 Å². The number of nitrogens with two attached hydrogens (primary N) is 1.